The molecule has 0 radical (unpaired) electrons. The molecule has 3 rings (SSSR count). The molecule has 1 N–H and O–H groups in total. The molecule has 1 aliphatic heterocycles. The normalized spacial score (nSPS) is 13.2. The average Bonchev–Trinajstić information content (AvgIpc) is 2.74. The van der Waals surface area contributed by atoms with Gasteiger partial charge in [-0.1, -0.05) is 30.3 Å². The minimum Gasteiger partial charge on any atom is -0.326 e. The molecule has 1 aliphatic rings. The summed E-state index contributed by atoms with van der Waals surface area (Å²) in [6.07, 6.45) is 0.722. The zero-order valence-electron chi connectivity index (χ0n) is 11.8. The third-order valence-electron chi connectivity index (χ3n) is 3.64. The van der Waals surface area contributed by atoms with Crippen molar-refractivity contribution < 1.29 is 9.59 Å². The van der Waals surface area contributed by atoms with Gasteiger partial charge in [0.2, 0.25) is 11.8 Å². The lowest BCUT2D eigenvalue weighted by molar-refractivity contribution is -0.117. The van der Waals surface area contributed by atoms with E-state index in [1.165, 1.54) is 0 Å². The number of anilines is 2. The largest absolute Gasteiger partial charge is 0.326 e. The predicted octanol–water partition coefficient (Wildman–Crippen LogP) is 2.39. The Bertz CT molecular complexity index is 695. The number of para-hydroxylation sites is 1. The van der Waals surface area contributed by atoms with Gasteiger partial charge in [-0.2, -0.15) is 0 Å². The highest BCUT2D eigenvalue weighted by molar-refractivity contribution is 6.01. The molecule has 2 aromatic carbocycles. The quantitative estimate of drug-likeness (QED) is 0.938. The Morgan fingerprint density at radius 3 is 2.71 bits per heavy atom. The van der Waals surface area contributed by atoms with E-state index in [-0.39, 0.29) is 11.8 Å². The van der Waals surface area contributed by atoms with E-state index in [0.717, 1.165) is 22.5 Å². The molecular weight excluding hydrogens is 264 g/mol. The van der Waals surface area contributed by atoms with Gasteiger partial charge in [0.15, 0.2) is 0 Å². The fraction of sp³-hybridized carbons (Fsp3) is 0.176. The van der Waals surface area contributed by atoms with Gasteiger partial charge in [-0.3, -0.25) is 9.59 Å². The second kappa shape index (κ2) is 5.40. The summed E-state index contributed by atoms with van der Waals surface area (Å²) in [6.45, 7) is 0. The molecule has 0 saturated carbocycles. The van der Waals surface area contributed by atoms with Crippen LogP contribution in [-0.2, 0) is 22.4 Å². The summed E-state index contributed by atoms with van der Waals surface area (Å²) in [7, 11) is 1.77. The van der Waals surface area contributed by atoms with Crippen molar-refractivity contribution in [3.05, 3.63) is 59.7 Å². The maximum absolute atomic E-state index is 12.0. The Morgan fingerprint density at radius 2 is 1.95 bits per heavy atom. The Labute approximate surface area is 123 Å². The predicted molar refractivity (Wildman–Crippen MR) is 82.3 cm³/mol. The summed E-state index contributed by atoms with van der Waals surface area (Å²) in [5, 5.41) is 2.86. The van der Waals surface area contributed by atoms with Gasteiger partial charge in [0.25, 0.3) is 0 Å². The number of amides is 2. The highest BCUT2D eigenvalue weighted by Gasteiger charge is 2.23. The van der Waals surface area contributed by atoms with Crippen LogP contribution >= 0.6 is 0 Å². The molecule has 0 aliphatic carbocycles. The van der Waals surface area contributed by atoms with E-state index >= 15 is 0 Å². The maximum Gasteiger partial charge on any atom is 0.231 e. The molecule has 0 spiro atoms. The van der Waals surface area contributed by atoms with E-state index in [1.54, 1.807) is 11.9 Å². The van der Waals surface area contributed by atoms with E-state index < -0.39 is 0 Å². The van der Waals surface area contributed by atoms with Crippen LogP contribution in [0.2, 0.25) is 0 Å². The molecule has 0 saturated heterocycles. The number of carbonyl (C=O) groups excluding carboxylic acids is 2. The molecule has 4 nitrogen and oxygen atoms in total. The van der Waals surface area contributed by atoms with E-state index in [0.29, 0.717) is 12.8 Å². The Hall–Kier alpha value is -2.62. The second-order valence-corrected chi connectivity index (χ2v) is 5.18. The van der Waals surface area contributed by atoms with Crippen molar-refractivity contribution in [1.29, 1.82) is 0 Å². The average molecular weight is 280 g/mol. The minimum atomic E-state index is -0.0566. The van der Waals surface area contributed by atoms with Crippen LogP contribution in [0, 0.1) is 0 Å². The molecule has 106 valence electrons. The first-order chi connectivity index (χ1) is 10.1. The maximum atomic E-state index is 12.0. The van der Waals surface area contributed by atoms with Crippen molar-refractivity contribution in [2.75, 3.05) is 17.3 Å². The van der Waals surface area contributed by atoms with Gasteiger partial charge in [-0.15, -0.1) is 0 Å². The number of carbonyl (C=O) groups is 2. The van der Waals surface area contributed by atoms with Gasteiger partial charge in [-0.05, 0) is 29.3 Å². The number of rotatable bonds is 3. The zero-order chi connectivity index (χ0) is 14.8. The fourth-order valence-electron chi connectivity index (χ4n) is 2.55. The number of hydrogen-bond acceptors (Lipinski definition) is 2. The van der Waals surface area contributed by atoms with E-state index in [9.17, 15) is 9.59 Å². The van der Waals surface area contributed by atoms with Crippen LogP contribution in [0.1, 0.15) is 11.1 Å². The van der Waals surface area contributed by atoms with Crippen molar-refractivity contribution in [2.24, 2.45) is 0 Å². The zero-order valence-corrected chi connectivity index (χ0v) is 11.8. The first-order valence-electron chi connectivity index (χ1n) is 6.87. The molecule has 0 fully saturated rings. The number of hydrogen-bond donors (Lipinski definition) is 1. The van der Waals surface area contributed by atoms with Crippen molar-refractivity contribution in [1.82, 2.24) is 0 Å². The smallest absolute Gasteiger partial charge is 0.231 e. The highest BCUT2D eigenvalue weighted by atomic mass is 16.2. The SMILES string of the molecule is CN1C(=O)Cc2cc(CC(=O)Nc3ccccc3)ccc21. The Morgan fingerprint density at radius 1 is 1.19 bits per heavy atom. The molecule has 0 aromatic heterocycles. The molecule has 0 atom stereocenters. The van der Waals surface area contributed by atoms with Crippen LogP contribution < -0.4 is 10.2 Å². The van der Waals surface area contributed by atoms with Gasteiger partial charge in [-0.25, -0.2) is 0 Å². The van der Waals surface area contributed by atoms with Crippen LogP contribution in [0.5, 0.6) is 0 Å². The number of fused-ring (bicyclic) bond motifs is 1. The van der Waals surface area contributed by atoms with Crippen LogP contribution in [0.3, 0.4) is 0 Å². The first kappa shape index (κ1) is 13.4. The summed E-state index contributed by atoms with van der Waals surface area (Å²) >= 11 is 0. The van der Waals surface area contributed by atoms with E-state index in [1.807, 2.05) is 48.5 Å². The lowest BCUT2D eigenvalue weighted by Gasteiger charge is -2.10. The summed E-state index contributed by atoms with van der Waals surface area (Å²) in [6, 6.07) is 15.1. The molecule has 0 bridgehead atoms. The fourth-order valence-corrected chi connectivity index (χ4v) is 2.55. The van der Waals surface area contributed by atoms with Crippen LogP contribution in [0.15, 0.2) is 48.5 Å². The molecule has 4 heteroatoms. The first-order valence-corrected chi connectivity index (χ1v) is 6.87. The van der Waals surface area contributed by atoms with Crippen LogP contribution in [0.4, 0.5) is 11.4 Å². The van der Waals surface area contributed by atoms with Crippen molar-refractivity contribution in [3.63, 3.8) is 0 Å². The number of nitrogens with one attached hydrogen (secondary N) is 1. The third kappa shape index (κ3) is 2.79. The van der Waals surface area contributed by atoms with Gasteiger partial charge >= 0.3 is 0 Å². The molecule has 0 unspecified atom stereocenters. The molecule has 2 amide bonds. The molecule has 2 aromatic rings. The molecular formula is C17H16N2O2. The van der Waals surface area contributed by atoms with Crippen LogP contribution in [-0.4, -0.2) is 18.9 Å². The number of benzene rings is 2. The van der Waals surface area contributed by atoms with Crippen molar-refractivity contribution in [3.8, 4) is 0 Å². The Kier molecular flexibility index (Phi) is 3.44. The minimum absolute atomic E-state index is 0.0566. The Balaban J connectivity index is 1.70. The summed E-state index contributed by atoms with van der Waals surface area (Å²) in [5.74, 6) is 0.0368. The highest BCUT2D eigenvalue weighted by Crippen LogP contribution is 2.28. The summed E-state index contributed by atoms with van der Waals surface area (Å²) < 4.78 is 0. The van der Waals surface area contributed by atoms with Gasteiger partial charge in [0, 0.05) is 18.4 Å². The van der Waals surface area contributed by atoms with E-state index in [2.05, 4.69) is 5.32 Å². The lowest BCUT2D eigenvalue weighted by Crippen LogP contribution is -2.20. The summed E-state index contributed by atoms with van der Waals surface area (Å²) in [5.41, 5.74) is 3.64. The van der Waals surface area contributed by atoms with Crippen LogP contribution in [0.25, 0.3) is 0 Å². The standard InChI is InChI=1S/C17H16N2O2/c1-19-15-8-7-12(9-13(15)11-17(19)21)10-16(20)18-14-5-3-2-4-6-14/h2-9H,10-11H2,1H3,(H,18,20). The van der Waals surface area contributed by atoms with Gasteiger partial charge < -0.3 is 10.2 Å². The van der Waals surface area contributed by atoms with Gasteiger partial charge in [0.05, 0.1) is 12.8 Å². The topological polar surface area (TPSA) is 49.4 Å². The second-order valence-electron chi connectivity index (χ2n) is 5.18. The van der Waals surface area contributed by atoms with E-state index in [4.69, 9.17) is 0 Å². The van der Waals surface area contributed by atoms with Gasteiger partial charge in [0.1, 0.15) is 0 Å². The number of likely N-dealkylation sites (N-methyl/N-ethyl adjacent to an activating group) is 1. The molecule has 1 heterocycles. The van der Waals surface area contributed by atoms with Crippen molar-refractivity contribution >= 4 is 23.2 Å². The number of nitrogens with zero attached hydrogens (tertiary/aromatic N) is 1. The summed E-state index contributed by atoms with van der Waals surface area (Å²) in [4.78, 5) is 25.3. The lowest BCUT2D eigenvalue weighted by atomic mass is 10.1. The molecule has 21 heavy (non-hydrogen) atoms. The van der Waals surface area contributed by atoms with Crippen molar-refractivity contribution in [2.45, 2.75) is 12.8 Å². The third-order valence-corrected chi connectivity index (χ3v) is 3.64. The monoisotopic (exact) mass is 280 g/mol.